The van der Waals surface area contributed by atoms with Crippen LogP contribution in [-0.4, -0.2) is 26.7 Å². The van der Waals surface area contributed by atoms with Crippen LogP contribution < -0.4 is 9.62 Å². The molecular weight excluding hydrogens is 544 g/mol. The van der Waals surface area contributed by atoms with E-state index in [1.54, 1.807) is 72.8 Å². The number of benzene rings is 4. The average Bonchev–Trinajstić information content (AvgIpc) is 2.92. The van der Waals surface area contributed by atoms with Crippen LogP contribution >= 0.6 is 11.6 Å². The van der Waals surface area contributed by atoms with E-state index in [2.05, 4.69) is 26.1 Å². The molecule has 0 aliphatic heterocycles. The van der Waals surface area contributed by atoms with Crippen LogP contribution in [0, 0.1) is 6.92 Å². The molecule has 1 N–H and O–H groups in total. The van der Waals surface area contributed by atoms with Crippen LogP contribution in [0.15, 0.2) is 102 Å². The van der Waals surface area contributed by atoms with Crippen molar-refractivity contribution in [2.45, 2.75) is 38.0 Å². The van der Waals surface area contributed by atoms with Gasteiger partial charge in [-0.1, -0.05) is 86.5 Å². The number of carbonyl (C=O) groups excluding carboxylic acids is 2. The summed E-state index contributed by atoms with van der Waals surface area (Å²) in [7, 11) is -4.07. The molecule has 1 amide bonds. The number of anilines is 2. The molecule has 0 aromatic heterocycles. The number of hydrogen-bond acceptors (Lipinski definition) is 4. The molecule has 4 aromatic carbocycles. The first kappa shape index (κ1) is 29.1. The summed E-state index contributed by atoms with van der Waals surface area (Å²) in [5.41, 5.74) is 3.62. The lowest BCUT2D eigenvalue weighted by molar-refractivity contribution is -0.114. The predicted molar refractivity (Wildman–Crippen MR) is 161 cm³/mol. The van der Waals surface area contributed by atoms with Crippen molar-refractivity contribution < 1.29 is 18.0 Å². The SMILES string of the molecule is Cc1ccc(S(=O)(=O)N(CC(=O)Nc2cccc(C(=O)c3ccc(C(C)(C)C)cc3)c2)c2ccc(Cl)cc2)cc1. The van der Waals surface area contributed by atoms with Crippen LogP contribution in [0.3, 0.4) is 0 Å². The van der Waals surface area contributed by atoms with E-state index in [-0.39, 0.29) is 16.1 Å². The minimum atomic E-state index is -4.07. The quantitative estimate of drug-likeness (QED) is 0.229. The number of carbonyl (C=O) groups is 2. The molecule has 0 fully saturated rings. The third kappa shape index (κ3) is 6.79. The largest absolute Gasteiger partial charge is 0.324 e. The molecule has 4 aromatic rings. The minimum Gasteiger partial charge on any atom is -0.324 e. The van der Waals surface area contributed by atoms with Crippen molar-refractivity contribution in [2.24, 2.45) is 0 Å². The highest BCUT2D eigenvalue weighted by Gasteiger charge is 2.27. The summed E-state index contributed by atoms with van der Waals surface area (Å²) < 4.78 is 28.2. The fraction of sp³-hybridized carbons (Fsp3) is 0.188. The average molecular weight is 575 g/mol. The minimum absolute atomic E-state index is 0.0292. The normalized spacial score (nSPS) is 11.6. The van der Waals surface area contributed by atoms with E-state index in [1.807, 2.05) is 19.1 Å². The third-order valence-electron chi connectivity index (χ3n) is 6.43. The fourth-order valence-electron chi connectivity index (χ4n) is 4.12. The smallest absolute Gasteiger partial charge is 0.264 e. The topological polar surface area (TPSA) is 83.6 Å². The first-order valence-electron chi connectivity index (χ1n) is 12.7. The molecular formula is C32H31ClN2O4S. The Morgan fingerprint density at radius 1 is 0.825 bits per heavy atom. The second-order valence-electron chi connectivity index (χ2n) is 10.6. The Balaban J connectivity index is 1.56. The van der Waals surface area contributed by atoms with Crippen molar-refractivity contribution in [3.8, 4) is 0 Å². The molecule has 0 spiro atoms. The van der Waals surface area contributed by atoms with Crippen molar-refractivity contribution in [1.29, 1.82) is 0 Å². The summed E-state index contributed by atoms with van der Waals surface area (Å²) in [5, 5.41) is 3.18. The van der Waals surface area contributed by atoms with E-state index in [0.717, 1.165) is 15.4 Å². The first-order chi connectivity index (χ1) is 18.8. The van der Waals surface area contributed by atoms with Crippen molar-refractivity contribution in [2.75, 3.05) is 16.2 Å². The first-order valence-corrected chi connectivity index (χ1v) is 14.6. The number of amides is 1. The number of sulfonamides is 1. The maximum atomic E-state index is 13.6. The maximum absolute atomic E-state index is 13.6. The lowest BCUT2D eigenvalue weighted by Crippen LogP contribution is -2.38. The zero-order valence-electron chi connectivity index (χ0n) is 22.8. The van der Waals surface area contributed by atoms with E-state index >= 15 is 0 Å². The van der Waals surface area contributed by atoms with Crippen LogP contribution in [-0.2, 0) is 20.2 Å². The van der Waals surface area contributed by atoms with Crippen molar-refractivity contribution in [3.05, 3.63) is 124 Å². The predicted octanol–water partition coefficient (Wildman–Crippen LogP) is 7.01. The second-order valence-corrected chi connectivity index (χ2v) is 12.9. The van der Waals surface area contributed by atoms with Gasteiger partial charge in [0.1, 0.15) is 6.54 Å². The number of ketones is 1. The van der Waals surface area contributed by atoms with Gasteiger partial charge in [0.15, 0.2) is 5.78 Å². The van der Waals surface area contributed by atoms with Gasteiger partial charge in [0.05, 0.1) is 10.6 Å². The van der Waals surface area contributed by atoms with E-state index in [1.165, 1.54) is 12.1 Å². The number of rotatable bonds is 8. The molecule has 0 heterocycles. The monoisotopic (exact) mass is 574 g/mol. The van der Waals surface area contributed by atoms with Crippen LogP contribution in [0.2, 0.25) is 5.02 Å². The van der Waals surface area contributed by atoms with Crippen LogP contribution in [0.4, 0.5) is 11.4 Å². The summed E-state index contributed by atoms with van der Waals surface area (Å²) in [6, 6.07) is 26.7. The van der Waals surface area contributed by atoms with E-state index in [4.69, 9.17) is 11.6 Å². The van der Waals surface area contributed by atoms with Gasteiger partial charge in [-0.15, -0.1) is 0 Å². The van der Waals surface area contributed by atoms with E-state index in [9.17, 15) is 18.0 Å². The summed E-state index contributed by atoms with van der Waals surface area (Å²) >= 11 is 6.02. The standard InChI is InChI=1S/C32H31ClN2O4S/c1-22-8-18-29(19-9-22)40(38,39)35(28-16-14-26(33)15-17-28)21-30(36)34-27-7-5-6-24(20-27)31(37)23-10-12-25(13-11-23)32(2,3)4/h5-20H,21H2,1-4H3,(H,34,36). The van der Waals surface area contributed by atoms with Crippen molar-refractivity contribution >= 4 is 44.7 Å². The van der Waals surface area contributed by atoms with Gasteiger partial charge in [0.2, 0.25) is 5.91 Å². The van der Waals surface area contributed by atoms with Gasteiger partial charge in [-0.25, -0.2) is 8.42 Å². The highest BCUT2D eigenvalue weighted by Crippen LogP contribution is 2.26. The van der Waals surface area contributed by atoms with Gasteiger partial charge in [0, 0.05) is 21.8 Å². The molecule has 6 nitrogen and oxygen atoms in total. The molecule has 206 valence electrons. The molecule has 0 bridgehead atoms. The Morgan fingerprint density at radius 2 is 1.45 bits per heavy atom. The Labute approximate surface area is 240 Å². The third-order valence-corrected chi connectivity index (χ3v) is 8.47. The number of hydrogen-bond donors (Lipinski definition) is 1. The zero-order valence-corrected chi connectivity index (χ0v) is 24.4. The maximum Gasteiger partial charge on any atom is 0.264 e. The number of halogens is 1. The highest BCUT2D eigenvalue weighted by atomic mass is 35.5. The summed E-state index contributed by atoms with van der Waals surface area (Å²) in [6.07, 6.45) is 0. The summed E-state index contributed by atoms with van der Waals surface area (Å²) in [5.74, 6) is -0.744. The molecule has 0 aliphatic rings. The molecule has 0 atom stereocenters. The molecule has 0 saturated carbocycles. The van der Waals surface area contributed by atoms with Gasteiger partial charge < -0.3 is 5.32 Å². The van der Waals surface area contributed by atoms with Crippen molar-refractivity contribution in [1.82, 2.24) is 0 Å². The van der Waals surface area contributed by atoms with Gasteiger partial charge >= 0.3 is 0 Å². The Morgan fingerprint density at radius 3 is 2.05 bits per heavy atom. The van der Waals surface area contributed by atoms with E-state index < -0.39 is 22.5 Å². The fourth-order valence-corrected chi connectivity index (χ4v) is 5.66. The summed E-state index contributed by atoms with van der Waals surface area (Å²) in [6.45, 7) is 7.70. The molecule has 0 saturated heterocycles. The lowest BCUT2D eigenvalue weighted by atomic mass is 9.86. The lowest BCUT2D eigenvalue weighted by Gasteiger charge is -2.24. The van der Waals surface area contributed by atoms with Gasteiger partial charge in [-0.05, 0) is 66.4 Å². The molecule has 0 radical (unpaired) electrons. The van der Waals surface area contributed by atoms with E-state index in [0.29, 0.717) is 27.5 Å². The van der Waals surface area contributed by atoms with Gasteiger partial charge in [-0.3, -0.25) is 13.9 Å². The molecule has 40 heavy (non-hydrogen) atoms. The Hall–Kier alpha value is -3.94. The van der Waals surface area contributed by atoms with Crippen LogP contribution in [0.5, 0.6) is 0 Å². The Kier molecular flexibility index (Phi) is 8.47. The number of nitrogens with zero attached hydrogens (tertiary/aromatic N) is 1. The zero-order chi connectivity index (χ0) is 29.1. The molecule has 8 heteroatoms. The molecule has 0 aliphatic carbocycles. The van der Waals surface area contributed by atoms with Crippen LogP contribution in [0.1, 0.15) is 47.8 Å². The highest BCUT2D eigenvalue weighted by molar-refractivity contribution is 7.92. The van der Waals surface area contributed by atoms with Gasteiger partial charge in [-0.2, -0.15) is 0 Å². The Bertz CT molecular complexity index is 1620. The van der Waals surface area contributed by atoms with Crippen molar-refractivity contribution in [3.63, 3.8) is 0 Å². The molecule has 4 rings (SSSR count). The second kappa shape index (κ2) is 11.7. The van der Waals surface area contributed by atoms with Gasteiger partial charge in [0.25, 0.3) is 10.0 Å². The summed E-state index contributed by atoms with van der Waals surface area (Å²) in [4.78, 5) is 26.3. The number of aryl methyl sites for hydroxylation is 1. The molecule has 0 unspecified atom stereocenters. The van der Waals surface area contributed by atoms with Crippen LogP contribution in [0.25, 0.3) is 0 Å². The number of nitrogens with one attached hydrogen (secondary N) is 1.